The second-order valence-electron chi connectivity index (χ2n) is 4.38. The predicted octanol–water partition coefficient (Wildman–Crippen LogP) is 2.92. The minimum absolute atomic E-state index is 0.0385. The first-order valence-corrected chi connectivity index (χ1v) is 5.64. The van der Waals surface area contributed by atoms with Crippen molar-refractivity contribution in [2.45, 2.75) is 19.9 Å². The highest BCUT2D eigenvalue weighted by molar-refractivity contribution is 5.51. The Bertz CT molecular complexity index is 432. The van der Waals surface area contributed by atoms with Crippen LogP contribution in [0.15, 0.2) is 12.1 Å². The van der Waals surface area contributed by atoms with E-state index in [0.717, 1.165) is 12.1 Å². The monoisotopic (exact) mass is 254 g/mol. The molecule has 5 heteroatoms. The van der Waals surface area contributed by atoms with Gasteiger partial charge in [0, 0.05) is 7.11 Å². The summed E-state index contributed by atoms with van der Waals surface area (Å²) in [6.45, 7) is 4.20. The summed E-state index contributed by atoms with van der Waals surface area (Å²) >= 11 is 0. The molecule has 0 aliphatic rings. The topological polar surface area (TPSA) is 45.0 Å². The minimum Gasteiger partial charge on any atom is -0.383 e. The molecular formula is C13H16F2N2O. The first-order chi connectivity index (χ1) is 8.49. The lowest BCUT2D eigenvalue weighted by Crippen LogP contribution is -2.31. The molecule has 0 aliphatic heterocycles. The minimum atomic E-state index is -0.770. The standard InChI is InChI=1S/C13H16F2N2O/c1-8(2)12(7-18-3)17-13-10(14)4-9(6-16)5-11(13)15/h4-5,8,12,17H,7H2,1-3H3. The molecule has 18 heavy (non-hydrogen) atoms. The van der Waals surface area contributed by atoms with Crippen LogP contribution in [0.2, 0.25) is 0 Å². The second-order valence-corrected chi connectivity index (χ2v) is 4.38. The molecule has 1 rings (SSSR count). The quantitative estimate of drug-likeness (QED) is 0.878. The van der Waals surface area contributed by atoms with Crippen LogP contribution in [-0.2, 0) is 4.74 Å². The summed E-state index contributed by atoms with van der Waals surface area (Å²) in [7, 11) is 1.53. The average molecular weight is 254 g/mol. The van der Waals surface area contributed by atoms with Crippen LogP contribution in [0, 0.1) is 28.9 Å². The Morgan fingerprint density at radius 3 is 2.28 bits per heavy atom. The lowest BCUT2D eigenvalue weighted by atomic mass is 10.0. The zero-order valence-electron chi connectivity index (χ0n) is 10.6. The van der Waals surface area contributed by atoms with Crippen LogP contribution >= 0.6 is 0 Å². The van der Waals surface area contributed by atoms with Gasteiger partial charge in [0.1, 0.15) is 5.69 Å². The fraction of sp³-hybridized carbons (Fsp3) is 0.462. The van der Waals surface area contributed by atoms with Crippen molar-refractivity contribution in [3.05, 3.63) is 29.3 Å². The number of ether oxygens (including phenoxy) is 1. The molecule has 1 atom stereocenters. The Morgan fingerprint density at radius 2 is 1.89 bits per heavy atom. The highest BCUT2D eigenvalue weighted by atomic mass is 19.1. The maximum atomic E-state index is 13.7. The van der Waals surface area contributed by atoms with Gasteiger partial charge in [-0.15, -0.1) is 0 Å². The fourth-order valence-electron chi connectivity index (χ4n) is 1.54. The smallest absolute Gasteiger partial charge is 0.150 e. The van der Waals surface area contributed by atoms with Crippen LogP contribution < -0.4 is 5.32 Å². The summed E-state index contributed by atoms with van der Waals surface area (Å²) < 4.78 is 32.3. The van der Waals surface area contributed by atoms with Gasteiger partial charge in [-0.05, 0) is 18.1 Å². The van der Waals surface area contributed by atoms with E-state index < -0.39 is 11.6 Å². The maximum Gasteiger partial charge on any atom is 0.150 e. The van der Waals surface area contributed by atoms with Crippen LogP contribution in [0.4, 0.5) is 14.5 Å². The number of hydrogen-bond donors (Lipinski definition) is 1. The summed E-state index contributed by atoms with van der Waals surface area (Å²) in [6, 6.07) is 3.52. The second kappa shape index (κ2) is 6.31. The lowest BCUT2D eigenvalue weighted by molar-refractivity contribution is 0.171. The number of rotatable bonds is 5. The number of anilines is 1. The Balaban J connectivity index is 3.00. The fourth-order valence-corrected chi connectivity index (χ4v) is 1.54. The van der Waals surface area contributed by atoms with E-state index in [4.69, 9.17) is 10.00 Å². The third-order valence-electron chi connectivity index (χ3n) is 2.65. The molecule has 0 aliphatic carbocycles. The molecule has 0 aromatic heterocycles. The van der Waals surface area contributed by atoms with Gasteiger partial charge in [0.2, 0.25) is 0 Å². The van der Waals surface area contributed by atoms with E-state index in [1.807, 2.05) is 13.8 Å². The van der Waals surface area contributed by atoms with Crippen LogP contribution in [-0.4, -0.2) is 19.8 Å². The van der Waals surface area contributed by atoms with Crippen molar-refractivity contribution in [3.8, 4) is 6.07 Å². The summed E-state index contributed by atoms with van der Waals surface area (Å²) in [4.78, 5) is 0. The van der Waals surface area contributed by atoms with Crippen molar-refractivity contribution in [1.29, 1.82) is 5.26 Å². The summed E-state index contributed by atoms with van der Waals surface area (Å²) in [5.74, 6) is -1.39. The molecule has 3 nitrogen and oxygen atoms in total. The Kier molecular flexibility index (Phi) is 5.05. The average Bonchev–Trinajstić information content (AvgIpc) is 2.31. The van der Waals surface area contributed by atoms with Gasteiger partial charge in [-0.2, -0.15) is 5.26 Å². The zero-order chi connectivity index (χ0) is 13.7. The number of hydrogen-bond acceptors (Lipinski definition) is 3. The molecular weight excluding hydrogens is 238 g/mol. The first kappa shape index (κ1) is 14.4. The van der Waals surface area contributed by atoms with E-state index in [2.05, 4.69) is 5.32 Å². The summed E-state index contributed by atoms with van der Waals surface area (Å²) in [6.07, 6.45) is 0. The molecule has 98 valence electrons. The van der Waals surface area contributed by atoms with Crippen molar-refractivity contribution in [2.24, 2.45) is 5.92 Å². The van der Waals surface area contributed by atoms with Gasteiger partial charge in [-0.1, -0.05) is 13.8 Å². The number of nitrogens with one attached hydrogen (secondary N) is 1. The molecule has 0 saturated carbocycles. The first-order valence-electron chi connectivity index (χ1n) is 5.64. The predicted molar refractivity (Wildman–Crippen MR) is 65.2 cm³/mol. The summed E-state index contributed by atoms with van der Waals surface area (Å²) in [5.41, 5.74) is -0.256. The van der Waals surface area contributed by atoms with Gasteiger partial charge < -0.3 is 10.1 Å². The molecule has 1 N–H and O–H groups in total. The highest BCUT2D eigenvalue weighted by Gasteiger charge is 2.18. The maximum absolute atomic E-state index is 13.7. The molecule has 0 amide bonds. The van der Waals surface area contributed by atoms with Crippen molar-refractivity contribution in [3.63, 3.8) is 0 Å². The van der Waals surface area contributed by atoms with Crippen molar-refractivity contribution < 1.29 is 13.5 Å². The van der Waals surface area contributed by atoms with E-state index in [0.29, 0.717) is 6.61 Å². The van der Waals surface area contributed by atoms with Crippen LogP contribution in [0.1, 0.15) is 19.4 Å². The largest absolute Gasteiger partial charge is 0.383 e. The van der Waals surface area contributed by atoms with Crippen molar-refractivity contribution >= 4 is 5.69 Å². The van der Waals surface area contributed by atoms with E-state index in [-0.39, 0.29) is 23.2 Å². The van der Waals surface area contributed by atoms with Crippen LogP contribution in [0.25, 0.3) is 0 Å². The van der Waals surface area contributed by atoms with Gasteiger partial charge in [0.05, 0.1) is 24.3 Å². The molecule has 0 bridgehead atoms. The lowest BCUT2D eigenvalue weighted by Gasteiger charge is -2.23. The van der Waals surface area contributed by atoms with E-state index in [1.54, 1.807) is 6.07 Å². The van der Waals surface area contributed by atoms with Crippen LogP contribution in [0.3, 0.4) is 0 Å². The molecule has 0 heterocycles. The number of halogens is 2. The number of nitrogens with zero attached hydrogens (tertiary/aromatic N) is 1. The molecule has 1 aromatic rings. The van der Waals surface area contributed by atoms with Crippen molar-refractivity contribution in [2.75, 3.05) is 19.0 Å². The van der Waals surface area contributed by atoms with Gasteiger partial charge in [-0.25, -0.2) is 8.78 Å². The third-order valence-corrected chi connectivity index (χ3v) is 2.65. The number of nitriles is 1. The zero-order valence-corrected chi connectivity index (χ0v) is 10.6. The summed E-state index contributed by atoms with van der Waals surface area (Å²) in [5, 5.41) is 11.4. The van der Waals surface area contributed by atoms with E-state index in [9.17, 15) is 8.78 Å². The molecule has 0 radical (unpaired) electrons. The number of methoxy groups -OCH3 is 1. The third kappa shape index (κ3) is 3.41. The SMILES string of the molecule is COCC(Nc1c(F)cc(C#N)cc1F)C(C)C. The Labute approximate surface area is 105 Å². The van der Waals surface area contributed by atoms with E-state index in [1.165, 1.54) is 7.11 Å². The Morgan fingerprint density at radius 1 is 1.33 bits per heavy atom. The van der Waals surface area contributed by atoms with Gasteiger partial charge in [-0.3, -0.25) is 0 Å². The molecule has 0 saturated heterocycles. The molecule has 1 aromatic carbocycles. The number of benzene rings is 1. The highest BCUT2D eigenvalue weighted by Crippen LogP contribution is 2.22. The molecule has 0 fully saturated rings. The van der Waals surface area contributed by atoms with Gasteiger partial charge in [0.25, 0.3) is 0 Å². The van der Waals surface area contributed by atoms with E-state index >= 15 is 0 Å². The molecule has 0 spiro atoms. The molecule has 1 unspecified atom stereocenters. The Hall–Kier alpha value is -1.67. The van der Waals surface area contributed by atoms with Gasteiger partial charge >= 0.3 is 0 Å². The normalized spacial score (nSPS) is 12.3. The van der Waals surface area contributed by atoms with Gasteiger partial charge in [0.15, 0.2) is 11.6 Å². The van der Waals surface area contributed by atoms with Crippen molar-refractivity contribution in [1.82, 2.24) is 0 Å². The van der Waals surface area contributed by atoms with Crippen LogP contribution in [0.5, 0.6) is 0 Å².